The van der Waals surface area contributed by atoms with Crippen molar-refractivity contribution in [3.8, 4) is 0 Å². The second-order valence-corrected chi connectivity index (χ2v) is 8.76. The van der Waals surface area contributed by atoms with Crippen molar-refractivity contribution < 1.29 is 8.42 Å². The molecule has 0 radical (unpaired) electrons. The van der Waals surface area contributed by atoms with E-state index in [0.29, 0.717) is 17.4 Å². The van der Waals surface area contributed by atoms with Crippen LogP contribution in [0.5, 0.6) is 0 Å². The SMILES string of the molecule is NC(=S)C1CCCCN1S(=O)(=O)c1c(Cl)cc(Br)cc1Cl. The molecular weight excluding hydrogens is 419 g/mol. The molecule has 1 atom stereocenters. The van der Waals surface area contributed by atoms with Gasteiger partial charge in [0, 0.05) is 11.0 Å². The van der Waals surface area contributed by atoms with Gasteiger partial charge < -0.3 is 5.73 Å². The van der Waals surface area contributed by atoms with E-state index in [4.69, 9.17) is 41.2 Å². The van der Waals surface area contributed by atoms with Gasteiger partial charge in [-0.1, -0.05) is 57.8 Å². The molecule has 1 aliphatic heterocycles. The minimum absolute atomic E-state index is 0.0710. The van der Waals surface area contributed by atoms with E-state index >= 15 is 0 Å². The molecular formula is C12H13BrCl2N2O2S2. The van der Waals surface area contributed by atoms with Crippen molar-refractivity contribution in [2.24, 2.45) is 5.73 Å². The molecule has 1 unspecified atom stereocenters. The summed E-state index contributed by atoms with van der Waals surface area (Å²) < 4.78 is 27.7. The van der Waals surface area contributed by atoms with Gasteiger partial charge in [-0.05, 0) is 25.0 Å². The summed E-state index contributed by atoms with van der Waals surface area (Å²) in [5, 5.41) is 0.142. The molecule has 2 rings (SSSR count). The first kappa shape index (κ1) is 17.4. The van der Waals surface area contributed by atoms with Crippen LogP contribution in [0.25, 0.3) is 0 Å². The van der Waals surface area contributed by atoms with Crippen molar-refractivity contribution in [2.75, 3.05) is 6.54 Å². The summed E-state index contributed by atoms with van der Waals surface area (Å²) >= 11 is 20.4. The normalized spacial score (nSPS) is 20.4. The molecule has 0 saturated carbocycles. The van der Waals surface area contributed by atoms with Crippen LogP contribution in [0.15, 0.2) is 21.5 Å². The lowest BCUT2D eigenvalue weighted by Gasteiger charge is -2.34. The minimum Gasteiger partial charge on any atom is -0.392 e. The number of sulfonamides is 1. The highest BCUT2D eigenvalue weighted by Crippen LogP contribution is 2.36. The fourth-order valence-corrected chi connectivity index (χ4v) is 6.24. The number of hydrogen-bond donors (Lipinski definition) is 1. The third-order valence-electron chi connectivity index (χ3n) is 3.31. The number of halogens is 3. The predicted molar refractivity (Wildman–Crippen MR) is 92.5 cm³/mol. The largest absolute Gasteiger partial charge is 0.392 e. The van der Waals surface area contributed by atoms with Crippen molar-refractivity contribution in [1.82, 2.24) is 4.31 Å². The highest BCUT2D eigenvalue weighted by Gasteiger charge is 2.37. The van der Waals surface area contributed by atoms with Crippen LogP contribution in [0.3, 0.4) is 0 Å². The topological polar surface area (TPSA) is 63.4 Å². The Hall–Kier alpha value is 0.0800. The summed E-state index contributed by atoms with van der Waals surface area (Å²) in [6, 6.07) is 2.51. The van der Waals surface area contributed by atoms with Crippen molar-refractivity contribution in [3.05, 3.63) is 26.7 Å². The maximum Gasteiger partial charge on any atom is 0.246 e. The Morgan fingerprint density at radius 2 is 1.90 bits per heavy atom. The summed E-state index contributed by atoms with van der Waals surface area (Å²) in [4.78, 5) is 0.0693. The minimum atomic E-state index is -3.85. The molecule has 4 nitrogen and oxygen atoms in total. The average molecular weight is 432 g/mol. The van der Waals surface area contributed by atoms with Gasteiger partial charge >= 0.3 is 0 Å². The zero-order valence-corrected chi connectivity index (χ0v) is 15.6. The number of thiocarbonyl (C=S) groups is 1. The quantitative estimate of drug-likeness (QED) is 0.742. The fraction of sp³-hybridized carbons (Fsp3) is 0.417. The Bertz CT molecular complexity index is 659. The molecule has 9 heteroatoms. The van der Waals surface area contributed by atoms with Crippen molar-refractivity contribution in [3.63, 3.8) is 0 Å². The second kappa shape index (κ2) is 6.68. The number of benzene rings is 1. The Balaban J connectivity index is 2.53. The van der Waals surface area contributed by atoms with E-state index in [9.17, 15) is 8.42 Å². The van der Waals surface area contributed by atoms with Gasteiger partial charge in [0.05, 0.1) is 21.1 Å². The summed E-state index contributed by atoms with van der Waals surface area (Å²) in [6.07, 6.45) is 2.25. The van der Waals surface area contributed by atoms with Gasteiger partial charge in [-0.2, -0.15) is 4.31 Å². The van der Waals surface area contributed by atoms with Gasteiger partial charge in [0.1, 0.15) is 4.90 Å². The Morgan fingerprint density at radius 3 is 2.43 bits per heavy atom. The van der Waals surface area contributed by atoms with E-state index in [1.807, 2.05) is 0 Å². The smallest absolute Gasteiger partial charge is 0.246 e. The molecule has 1 heterocycles. The Morgan fingerprint density at radius 1 is 1.33 bits per heavy atom. The molecule has 1 aliphatic rings. The van der Waals surface area contributed by atoms with Gasteiger partial charge in [0.2, 0.25) is 10.0 Å². The van der Waals surface area contributed by atoms with Crippen LogP contribution in [0.2, 0.25) is 10.0 Å². The van der Waals surface area contributed by atoms with Crippen LogP contribution < -0.4 is 5.73 Å². The highest BCUT2D eigenvalue weighted by molar-refractivity contribution is 9.10. The summed E-state index contributed by atoms with van der Waals surface area (Å²) in [5.74, 6) is 0. The van der Waals surface area contributed by atoms with Crippen LogP contribution >= 0.6 is 51.3 Å². The van der Waals surface area contributed by atoms with Crippen LogP contribution in [0.4, 0.5) is 0 Å². The first-order valence-electron chi connectivity index (χ1n) is 6.21. The third kappa shape index (κ3) is 3.54. The Labute approximate surface area is 147 Å². The standard InChI is InChI=1S/C12H13BrCl2N2O2S2/c13-7-5-8(14)11(9(15)6-7)21(18,19)17-4-2-1-3-10(17)12(16)20/h5-6,10H,1-4H2,(H2,16,20). The summed E-state index contributed by atoms with van der Waals surface area (Å²) in [6.45, 7) is 0.354. The van der Waals surface area contributed by atoms with Crippen molar-refractivity contribution in [1.29, 1.82) is 0 Å². The molecule has 1 fully saturated rings. The molecule has 0 aromatic heterocycles. The molecule has 0 spiro atoms. The van der Waals surface area contributed by atoms with E-state index in [1.165, 1.54) is 16.4 Å². The lowest BCUT2D eigenvalue weighted by molar-refractivity contribution is 0.306. The average Bonchev–Trinajstić information content (AvgIpc) is 2.37. The van der Waals surface area contributed by atoms with Gasteiger partial charge in [-0.25, -0.2) is 8.42 Å². The number of nitrogens with zero attached hydrogens (tertiary/aromatic N) is 1. The highest BCUT2D eigenvalue weighted by atomic mass is 79.9. The summed E-state index contributed by atoms with van der Waals surface area (Å²) in [7, 11) is -3.85. The molecule has 1 aromatic rings. The van der Waals surface area contributed by atoms with Crippen LogP contribution in [-0.2, 0) is 10.0 Å². The van der Waals surface area contributed by atoms with Crippen LogP contribution in [0, 0.1) is 0 Å². The predicted octanol–water partition coefficient (Wildman–Crippen LogP) is 3.59. The van der Waals surface area contributed by atoms with E-state index in [2.05, 4.69) is 15.9 Å². The van der Waals surface area contributed by atoms with Crippen LogP contribution in [0.1, 0.15) is 19.3 Å². The zero-order chi connectivity index (χ0) is 15.8. The van der Waals surface area contributed by atoms with Gasteiger partial charge in [-0.15, -0.1) is 0 Å². The van der Waals surface area contributed by atoms with Gasteiger partial charge in [0.15, 0.2) is 0 Å². The lowest BCUT2D eigenvalue weighted by Crippen LogP contribution is -2.49. The molecule has 1 aromatic carbocycles. The number of rotatable bonds is 3. The molecule has 21 heavy (non-hydrogen) atoms. The maximum absolute atomic E-state index is 12.9. The fourth-order valence-electron chi connectivity index (χ4n) is 2.37. The number of piperidine rings is 1. The second-order valence-electron chi connectivity index (χ2n) is 4.73. The monoisotopic (exact) mass is 430 g/mol. The molecule has 116 valence electrons. The van der Waals surface area contributed by atoms with Crippen molar-refractivity contribution in [2.45, 2.75) is 30.2 Å². The third-order valence-corrected chi connectivity index (χ3v) is 6.87. The van der Waals surface area contributed by atoms with E-state index < -0.39 is 16.1 Å². The molecule has 0 aliphatic carbocycles. The summed E-state index contributed by atoms with van der Waals surface area (Å²) in [5.41, 5.74) is 5.68. The lowest BCUT2D eigenvalue weighted by atomic mass is 10.1. The van der Waals surface area contributed by atoms with Crippen molar-refractivity contribution >= 4 is 66.4 Å². The number of hydrogen-bond acceptors (Lipinski definition) is 3. The molecule has 2 N–H and O–H groups in total. The Kier molecular flexibility index (Phi) is 5.55. The van der Waals surface area contributed by atoms with Gasteiger partial charge in [-0.3, -0.25) is 0 Å². The maximum atomic E-state index is 12.9. The molecule has 1 saturated heterocycles. The van der Waals surface area contributed by atoms with Crippen LogP contribution in [-0.4, -0.2) is 30.3 Å². The van der Waals surface area contributed by atoms with E-state index in [-0.39, 0.29) is 19.9 Å². The molecule has 0 amide bonds. The van der Waals surface area contributed by atoms with E-state index in [0.717, 1.165) is 12.8 Å². The molecule has 0 bridgehead atoms. The van der Waals surface area contributed by atoms with Gasteiger partial charge in [0.25, 0.3) is 0 Å². The van der Waals surface area contributed by atoms with E-state index in [1.54, 1.807) is 0 Å². The first-order chi connectivity index (χ1) is 9.75. The zero-order valence-electron chi connectivity index (χ0n) is 10.9. The number of nitrogens with two attached hydrogens (primary N) is 1. The first-order valence-corrected chi connectivity index (χ1v) is 9.60.